The minimum atomic E-state index is -0.325. The smallest absolute Gasteiger partial charge is 0.229 e. The van der Waals surface area contributed by atoms with Crippen molar-refractivity contribution in [1.29, 1.82) is 0 Å². The molecule has 1 saturated heterocycles. The number of hydrogen-bond donors (Lipinski definition) is 1. The Hall–Kier alpha value is -2.82. The maximum absolute atomic E-state index is 12.6. The van der Waals surface area contributed by atoms with E-state index >= 15 is 0 Å². The summed E-state index contributed by atoms with van der Waals surface area (Å²) in [5, 5.41) is 2.91. The lowest BCUT2D eigenvalue weighted by Gasteiger charge is -2.17. The van der Waals surface area contributed by atoms with Gasteiger partial charge in [0.15, 0.2) is 0 Å². The molecule has 142 valence electrons. The maximum atomic E-state index is 12.6. The highest BCUT2D eigenvalue weighted by molar-refractivity contribution is 5.97. The van der Waals surface area contributed by atoms with E-state index in [4.69, 9.17) is 4.74 Å². The summed E-state index contributed by atoms with van der Waals surface area (Å²) in [7, 11) is 0. The van der Waals surface area contributed by atoms with E-state index in [1.54, 1.807) is 4.90 Å². The largest absolute Gasteiger partial charge is 0.491 e. The predicted octanol–water partition coefficient (Wildman–Crippen LogP) is 3.77. The molecular formula is C22H26N2O3. The van der Waals surface area contributed by atoms with Crippen molar-refractivity contribution in [3.8, 4) is 5.75 Å². The number of carbonyl (C=O) groups excluding carboxylic acids is 2. The molecule has 0 spiro atoms. The Bertz CT molecular complexity index is 815. The van der Waals surface area contributed by atoms with Crippen LogP contribution in [0.1, 0.15) is 31.4 Å². The molecule has 0 aromatic heterocycles. The van der Waals surface area contributed by atoms with Crippen LogP contribution in [0.2, 0.25) is 0 Å². The number of likely N-dealkylation sites (tertiary alicyclic amines) is 1. The van der Waals surface area contributed by atoms with Crippen LogP contribution in [0.25, 0.3) is 0 Å². The molecule has 27 heavy (non-hydrogen) atoms. The Morgan fingerprint density at radius 2 is 1.96 bits per heavy atom. The molecule has 2 amide bonds. The van der Waals surface area contributed by atoms with Crippen molar-refractivity contribution in [2.45, 2.75) is 39.8 Å². The van der Waals surface area contributed by atoms with Crippen molar-refractivity contribution < 1.29 is 14.3 Å². The van der Waals surface area contributed by atoms with Gasteiger partial charge in [-0.25, -0.2) is 0 Å². The average molecular weight is 366 g/mol. The second-order valence-corrected chi connectivity index (χ2v) is 7.34. The highest BCUT2D eigenvalue weighted by atomic mass is 16.5. The van der Waals surface area contributed by atoms with Gasteiger partial charge in [0.2, 0.25) is 11.8 Å². The number of rotatable bonds is 6. The molecule has 0 radical (unpaired) electrons. The fourth-order valence-electron chi connectivity index (χ4n) is 3.26. The van der Waals surface area contributed by atoms with Crippen molar-refractivity contribution in [3.63, 3.8) is 0 Å². The van der Waals surface area contributed by atoms with Crippen LogP contribution >= 0.6 is 0 Å². The molecule has 2 aromatic carbocycles. The fourth-order valence-corrected chi connectivity index (χ4v) is 3.26. The molecule has 5 heteroatoms. The van der Waals surface area contributed by atoms with E-state index in [2.05, 4.69) is 11.4 Å². The maximum Gasteiger partial charge on any atom is 0.229 e. The summed E-state index contributed by atoms with van der Waals surface area (Å²) < 4.78 is 5.60. The Balaban J connectivity index is 1.57. The number of aryl methyl sites for hydroxylation is 1. The Kier molecular flexibility index (Phi) is 5.79. The summed E-state index contributed by atoms with van der Waals surface area (Å²) in [5.74, 6) is 0.349. The number of amides is 2. The van der Waals surface area contributed by atoms with Gasteiger partial charge in [-0.1, -0.05) is 29.8 Å². The molecule has 1 atom stereocenters. The third-order valence-corrected chi connectivity index (χ3v) is 4.53. The van der Waals surface area contributed by atoms with E-state index in [0.29, 0.717) is 18.8 Å². The quantitative estimate of drug-likeness (QED) is 0.847. The van der Waals surface area contributed by atoms with Crippen LogP contribution in [0, 0.1) is 12.8 Å². The molecular weight excluding hydrogens is 340 g/mol. The minimum Gasteiger partial charge on any atom is -0.491 e. The molecule has 1 N–H and O–H groups in total. The molecule has 1 unspecified atom stereocenters. The number of ether oxygens (including phenoxy) is 1. The van der Waals surface area contributed by atoms with E-state index in [-0.39, 0.29) is 30.3 Å². The second-order valence-electron chi connectivity index (χ2n) is 7.34. The molecule has 3 rings (SSSR count). The van der Waals surface area contributed by atoms with Crippen LogP contribution in [-0.4, -0.2) is 29.4 Å². The SMILES string of the molecule is Cc1cccc(CN2CC(C(=O)Nc3ccc(OC(C)C)cc3)CC2=O)c1. The first kappa shape index (κ1) is 19.0. The number of benzene rings is 2. The summed E-state index contributed by atoms with van der Waals surface area (Å²) in [4.78, 5) is 26.6. The first-order chi connectivity index (χ1) is 12.9. The zero-order chi connectivity index (χ0) is 19.4. The van der Waals surface area contributed by atoms with Crippen molar-refractivity contribution in [2.24, 2.45) is 5.92 Å². The molecule has 1 fully saturated rings. The van der Waals surface area contributed by atoms with E-state index in [9.17, 15) is 9.59 Å². The van der Waals surface area contributed by atoms with Crippen molar-refractivity contribution >= 4 is 17.5 Å². The molecule has 0 saturated carbocycles. The molecule has 0 bridgehead atoms. The van der Waals surface area contributed by atoms with Crippen LogP contribution in [0.15, 0.2) is 48.5 Å². The normalized spacial score (nSPS) is 16.7. The Morgan fingerprint density at radius 3 is 2.63 bits per heavy atom. The monoisotopic (exact) mass is 366 g/mol. The van der Waals surface area contributed by atoms with E-state index in [0.717, 1.165) is 11.3 Å². The van der Waals surface area contributed by atoms with Gasteiger partial charge in [-0.05, 0) is 50.6 Å². The lowest BCUT2D eigenvalue weighted by atomic mass is 10.1. The van der Waals surface area contributed by atoms with Gasteiger partial charge in [0, 0.05) is 25.2 Å². The van der Waals surface area contributed by atoms with E-state index < -0.39 is 0 Å². The fraction of sp³-hybridized carbons (Fsp3) is 0.364. The van der Waals surface area contributed by atoms with Gasteiger partial charge in [-0.15, -0.1) is 0 Å². The zero-order valence-corrected chi connectivity index (χ0v) is 16.1. The third kappa shape index (κ3) is 5.09. The lowest BCUT2D eigenvalue weighted by molar-refractivity contribution is -0.128. The summed E-state index contributed by atoms with van der Waals surface area (Å²) in [6, 6.07) is 15.4. The topological polar surface area (TPSA) is 58.6 Å². The molecule has 1 aliphatic rings. The van der Waals surface area contributed by atoms with Crippen LogP contribution in [0.5, 0.6) is 5.75 Å². The van der Waals surface area contributed by atoms with Crippen molar-refractivity contribution in [2.75, 3.05) is 11.9 Å². The summed E-state index contributed by atoms with van der Waals surface area (Å²) in [6.07, 6.45) is 0.362. The second kappa shape index (κ2) is 8.25. The van der Waals surface area contributed by atoms with Gasteiger partial charge in [-0.2, -0.15) is 0 Å². The number of hydrogen-bond acceptors (Lipinski definition) is 3. The van der Waals surface area contributed by atoms with E-state index in [1.165, 1.54) is 5.56 Å². The summed E-state index contributed by atoms with van der Waals surface area (Å²) >= 11 is 0. The number of nitrogens with zero attached hydrogens (tertiary/aromatic N) is 1. The highest BCUT2D eigenvalue weighted by Gasteiger charge is 2.34. The van der Waals surface area contributed by atoms with Gasteiger partial charge < -0.3 is 15.0 Å². The van der Waals surface area contributed by atoms with Gasteiger partial charge >= 0.3 is 0 Å². The van der Waals surface area contributed by atoms with Crippen LogP contribution in [0.3, 0.4) is 0 Å². The molecule has 1 heterocycles. The highest BCUT2D eigenvalue weighted by Crippen LogP contribution is 2.23. The third-order valence-electron chi connectivity index (χ3n) is 4.53. The summed E-state index contributed by atoms with van der Waals surface area (Å²) in [6.45, 7) is 6.96. The van der Waals surface area contributed by atoms with Crippen LogP contribution < -0.4 is 10.1 Å². The Morgan fingerprint density at radius 1 is 1.22 bits per heavy atom. The zero-order valence-electron chi connectivity index (χ0n) is 16.1. The van der Waals surface area contributed by atoms with Crippen LogP contribution in [0.4, 0.5) is 5.69 Å². The molecule has 2 aromatic rings. The van der Waals surface area contributed by atoms with Gasteiger partial charge in [-0.3, -0.25) is 9.59 Å². The minimum absolute atomic E-state index is 0.0253. The van der Waals surface area contributed by atoms with Crippen molar-refractivity contribution in [3.05, 3.63) is 59.7 Å². The first-order valence-corrected chi connectivity index (χ1v) is 9.31. The molecule has 5 nitrogen and oxygen atoms in total. The molecule has 0 aliphatic carbocycles. The number of anilines is 1. The average Bonchev–Trinajstić information content (AvgIpc) is 2.97. The van der Waals surface area contributed by atoms with Gasteiger partial charge in [0.1, 0.15) is 5.75 Å². The lowest BCUT2D eigenvalue weighted by Crippen LogP contribution is -2.28. The summed E-state index contributed by atoms with van der Waals surface area (Å²) in [5.41, 5.74) is 2.96. The van der Waals surface area contributed by atoms with E-state index in [1.807, 2.05) is 63.2 Å². The van der Waals surface area contributed by atoms with Gasteiger partial charge in [0.05, 0.1) is 12.0 Å². The first-order valence-electron chi connectivity index (χ1n) is 9.31. The van der Waals surface area contributed by atoms with Crippen LogP contribution in [-0.2, 0) is 16.1 Å². The standard InChI is InChI=1S/C22H26N2O3/c1-15(2)27-20-9-7-19(8-10-20)23-22(26)18-12-21(25)24(14-18)13-17-6-4-5-16(3)11-17/h4-11,15,18H,12-14H2,1-3H3,(H,23,26). The predicted molar refractivity (Wildman–Crippen MR) is 106 cm³/mol. The van der Waals surface area contributed by atoms with Gasteiger partial charge in [0.25, 0.3) is 0 Å². The van der Waals surface area contributed by atoms with Crippen molar-refractivity contribution in [1.82, 2.24) is 4.90 Å². The number of nitrogens with one attached hydrogen (secondary N) is 1. The number of carbonyl (C=O) groups is 2. The molecule has 1 aliphatic heterocycles. The Labute approximate surface area is 160 Å².